The minimum absolute atomic E-state index is 0. The second-order valence-electron chi connectivity index (χ2n) is 5.41. The topological polar surface area (TPSA) is 24.4 Å². The van der Waals surface area contributed by atoms with Crippen LogP contribution in [0.4, 0.5) is 0 Å². The van der Waals surface area contributed by atoms with E-state index in [1.54, 1.807) is 11.8 Å². The average molecular weight is 382 g/mol. The molecular weight excluding hydrogens is 355 g/mol. The molecular formula is C14H27IN2S. The van der Waals surface area contributed by atoms with E-state index in [0.29, 0.717) is 12.1 Å². The Hall–Kier alpha value is 0.550. The van der Waals surface area contributed by atoms with Crippen LogP contribution < -0.4 is 5.32 Å². The van der Waals surface area contributed by atoms with Gasteiger partial charge in [-0.2, -0.15) is 0 Å². The van der Waals surface area contributed by atoms with Crippen molar-refractivity contribution < 1.29 is 0 Å². The number of hydrogen-bond acceptors (Lipinski definition) is 2. The van der Waals surface area contributed by atoms with Gasteiger partial charge in [0.1, 0.15) is 0 Å². The van der Waals surface area contributed by atoms with Gasteiger partial charge in [-0.05, 0) is 31.9 Å². The van der Waals surface area contributed by atoms with Gasteiger partial charge < -0.3 is 5.32 Å². The third-order valence-corrected chi connectivity index (χ3v) is 4.61. The van der Waals surface area contributed by atoms with E-state index >= 15 is 0 Å². The van der Waals surface area contributed by atoms with E-state index in [1.807, 2.05) is 0 Å². The fourth-order valence-corrected chi connectivity index (χ4v) is 3.49. The van der Waals surface area contributed by atoms with Gasteiger partial charge in [0.25, 0.3) is 0 Å². The lowest BCUT2D eigenvalue weighted by Gasteiger charge is -2.25. The van der Waals surface area contributed by atoms with Crippen LogP contribution in [0.15, 0.2) is 4.99 Å². The maximum Gasteiger partial charge on any atom is 0.156 e. The maximum absolute atomic E-state index is 4.92. The van der Waals surface area contributed by atoms with Gasteiger partial charge in [0, 0.05) is 6.04 Å². The highest BCUT2D eigenvalue weighted by molar-refractivity contribution is 14.0. The minimum Gasteiger partial charge on any atom is -0.362 e. The van der Waals surface area contributed by atoms with E-state index in [9.17, 15) is 0 Å². The smallest absolute Gasteiger partial charge is 0.156 e. The second kappa shape index (κ2) is 9.45. The van der Waals surface area contributed by atoms with Crippen LogP contribution in [0, 0.1) is 0 Å². The quantitative estimate of drug-likeness (QED) is 0.430. The van der Waals surface area contributed by atoms with Crippen LogP contribution in [0.3, 0.4) is 0 Å². The van der Waals surface area contributed by atoms with Crippen molar-refractivity contribution in [2.24, 2.45) is 4.99 Å². The average Bonchev–Trinajstić information content (AvgIpc) is 2.40. The van der Waals surface area contributed by atoms with Gasteiger partial charge >= 0.3 is 0 Å². The van der Waals surface area contributed by atoms with Crippen molar-refractivity contribution in [3.8, 4) is 0 Å². The van der Waals surface area contributed by atoms with Gasteiger partial charge in [-0.25, -0.2) is 0 Å². The predicted octanol–water partition coefficient (Wildman–Crippen LogP) is 4.58. The number of rotatable bonds is 2. The summed E-state index contributed by atoms with van der Waals surface area (Å²) >= 11 is 1.80. The van der Waals surface area contributed by atoms with Crippen LogP contribution >= 0.6 is 35.7 Å². The Balaban J connectivity index is 0.00000162. The summed E-state index contributed by atoms with van der Waals surface area (Å²) in [7, 11) is 0. The molecule has 1 N–H and O–H groups in total. The molecule has 2 aliphatic rings. The molecule has 0 amide bonds. The molecule has 0 saturated heterocycles. The van der Waals surface area contributed by atoms with E-state index in [-0.39, 0.29) is 24.0 Å². The van der Waals surface area contributed by atoms with Crippen LogP contribution in [0.25, 0.3) is 0 Å². The van der Waals surface area contributed by atoms with E-state index in [1.165, 1.54) is 69.4 Å². The van der Waals surface area contributed by atoms with Gasteiger partial charge in [0.2, 0.25) is 0 Å². The van der Waals surface area contributed by atoms with Crippen molar-refractivity contribution in [2.75, 3.05) is 6.26 Å². The molecule has 4 heteroatoms. The Bertz CT molecular complexity index is 246. The molecule has 0 aromatic heterocycles. The first-order valence-electron chi connectivity index (χ1n) is 7.27. The number of aliphatic imine (C=N–C) groups is 1. The molecule has 2 rings (SSSR count). The highest BCUT2D eigenvalue weighted by atomic mass is 127. The SMILES string of the molecule is CSC(=NC1CCCCC1)NC1CCCCC1.I. The second-order valence-corrected chi connectivity index (χ2v) is 6.20. The Morgan fingerprint density at radius 2 is 1.50 bits per heavy atom. The molecule has 0 aromatic carbocycles. The Morgan fingerprint density at radius 1 is 0.944 bits per heavy atom. The molecule has 0 spiro atoms. The number of hydrogen-bond donors (Lipinski definition) is 1. The minimum atomic E-state index is 0. The Morgan fingerprint density at radius 3 is 2.06 bits per heavy atom. The van der Waals surface area contributed by atoms with Crippen molar-refractivity contribution in [3.63, 3.8) is 0 Å². The molecule has 0 aromatic rings. The fourth-order valence-electron chi connectivity index (χ4n) is 2.95. The van der Waals surface area contributed by atoms with Crippen molar-refractivity contribution in [1.82, 2.24) is 5.32 Å². The third kappa shape index (κ3) is 5.68. The first kappa shape index (κ1) is 16.6. The fraction of sp³-hybridized carbons (Fsp3) is 0.929. The van der Waals surface area contributed by atoms with Gasteiger partial charge in [0.15, 0.2) is 5.17 Å². The lowest BCUT2D eigenvalue weighted by Crippen LogP contribution is -2.35. The highest BCUT2D eigenvalue weighted by Gasteiger charge is 2.16. The van der Waals surface area contributed by atoms with Gasteiger partial charge in [-0.1, -0.05) is 50.3 Å². The van der Waals surface area contributed by atoms with Crippen molar-refractivity contribution >= 4 is 40.9 Å². The summed E-state index contributed by atoms with van der Waals surface area (Å²) in [5.41, 5.74) is 0. The molecule has 0 bridgehead atoms. The molecule has 0 atom stereocenters. The number of halogens is 1. The molecule has 2 nitrogen and oxygen atoms in total. The predicted molar refractivity (Wildman–Crippen MR) is 93.2 cm³/mol. The van der Waals surface area contributed by atoms with Crippen LogP contribution in [0.5, 0.6) is 0 Å². The van der Waals surface area contributed by atoms with Crippen LogP contribution in [-0.4, -0.2) is 23.5 Å². The van der Waals surface area contributed by atoms with Crippen molar-refractivity contribution in [3.05, 3.63) is 0 Å². The van der Waals surface area contributed by atoms with E-state index < -0.39 is 0 Å². The zero-order valence-electron chi connectivity index (χ0n) is 11.5. The highest BCUT2D eigenvalue weighted by Crippen LogP contribution is 2.22. The van der Waals surface area contributed by atoms with Crippen LogP contribution in [0.2, 0.25) is 0 Å². The number of thioether (sulfide) groups is 1. The zero-order valence-corrected chi connectivity index (χ0v) is 14.6. The van der Waals surface area contributed by atoms with E-state index in [0.717, 1.165) is 0 Å². The molecule has 0 heterocycles. The summed E-state index contributed by atoms with van der Waals surface area (Å²) in [6, 6.07) is 1.29. The Kier molecular flexibility index (Phi) is 8.72. The summed E-state index contributed by atoms with van der Waals surface area (Å²) in [5, 5.41) is 4.86. The number of nitrogens with one attached hydrogen (secondary N) is 1. The first-order valence-corrected chi connectivity index (χ1v) is 8.49. The monoisotopic (exact) mass is 382 g/mol. The van der Waals surface area contributed by atoms with Gasteiger partial charge in [0.05, 0.1) is 6.04 Å². The maximum atomic E-state index is 4.92. The third-order valence-electron chi connectivity index (χ3n) is 4.00. The van der Waals surface area contributed by atoms with E-state index in [4.69, 9.17) is 4.99 Å². The van der Waals surface area contributed by atoms with E-state index in [2.05, 4.69) is 11.6 Å². The molecule has 0 unspecified atom stereocenters. The van der Waals surface area contributed by atoms with Crippen molar-refractivity contribution in [2.45, 2.75) is 76.3 Å². The van der Waals surface area contributed by atoms with Gasteiger partial charge in [-0.15, -0.1) is 24.0 Å². The molecule has 0 radical (unpaired) electrons. The van der Waals surface area contributed by atoms with Gasteiger partial charge in [-0.3, -0.25) is 4.99 Å². The molecule has 18 heavy (non-hydrogen) atoms. The molecule has 2 fully saturated rings. The Labute approximate surface area is 133 Å². The summed E-state index contributed by atoms with van der Waals surface area (Å²) in [6.45, 7) is 0. The largest absolute Gasteiger partial charge is 0.362 e. The lowest BCUT2D eigenvalue weighted by molar-refractivity contribution is 0.411. The molecule has 0 aliphatic heterocycles. The first-order chi connectivity index (χ1) is 8.38. The van der Waals surface area contributed by atoms with Crippen molar-refractivity contribution in [1.29, 1.82) is 0 Å². The standard InChI is InChI=1S/C14H26N2S.HI/c1-17-14(15-12-8-4-2-5-9-12)16-13-10-6-3-7-11-13;/h12-13H,2-11H2,1H3,(H,15,16);1H. The molecule has 2 saturated carbocycles. The number of amidine groups is 1. The lowest BCUT2D eigenvalue weighted by atomic mass is 9.95. The molecule has 106 valence electrons. The van der Waals surface area contributed by atoms with Crippen LogP contribution in [0.1, 0.15) is 64.2 Å². The summed E-state index contributed by atoms with van der Waals surface area (Å²) in [6.07, 6.45) is 15.8. The number of nitrogens with zero attached hydrogens (tertiary/aromatic N) is 1. The zero-order chi connectivity index (χ0) is 11.9. The van der Waals surface area contributed by atoms with Crippen LogP contribution in [-0.2, 0) is 0 Å². The normalized spacial score (nSPS) is 23.5. The summed E-state index contributed by atoms with van der Waals surface area (Å²) in [5.74, 6) is 0. The summed E-state index contributed by atoms with van der Waals surface area (Å²) < 4.78 is 0. The summed E-state index contributed by atoms with van der Waals surface area (Å²) in [4.78, 5) is 4.92. The molecule has 2 aliphatic carbocycles.